The summed E-state index contributed by atoms with van der Waals surface area (Å²) in [7, 11) is 11.0. The van der Waals surface area contributed by atoms with Gasteiger partial charge in [0.25, 0.3) is 0 Å². The van der Waals surface area contributed by atoms with Crippen LogP contribution in [0.15, 0.2) is 84.9 Å². The molecule has 0 heterocycles. The Bertz CT molecular complexity index is 2360. The summed E-state index contributed by atoms with van der Waals surface area (Å²) in [5.41, 5.74) is -2.02. The van der Waals surface area contributed by atoms with Crippen molar-refractivity contribution in [1.82, 2.24) is 0 Å². The van der Waals surface area contributed by atoms with E-state index in [1.54, 1.807) is 0 Å². The van der Waals surface area contributed by atoms with Crippen LogP contribution in [0.5, 0.6) is 0 Å². The van der Waals surface area contributed by atoms with Crippen molar-refractivity contribution < 1.29 is 73.5 Å². The Morgan fingerprint density at radius 2 is 0.735 bits per heavy atom. The molecule has 68 heavy (non-hydrogen) atoms. The van der Waals surface area contributed by atoms with Crippen LogP contribution < -0.4 is 0 Å². The molecule has 0 saturated carbocycles. The second-order valence-corrected chi connectivity index (χ2v) is 23.6. The molecule has 0 bridgehead atoms. The van der Waals surface area contributed by atoms with Crippen LogP contribution in [0, 0.1) is 0 Å². The van der Waals surface area contributed by atoms with Crippen LogP contribution in [0.3, 0.4) is 0 Å². The van der Waals surface area contributed by atoms with Crippen LogP contribution in [-0.2, 0) is 56.4 Å². The summed E-state index contributed by atoms with van der Waals surface area (Å²) in [6.45, 7) is 23.8. The van der Waals surface area contributed by atoms with Crippen molar-refractivity contribution in [2.45, 2.75) is 143 Å². The van der Waals surface area contributed by atoms with Crippen molar-refractivity contribution in [1.29, 1.82) is 0 Å². The number of rotatable bonds is 6. The molecule has 0 aliphatic heterocycles. The minimum atomic E-state index is -4.89. The van der Waals surface area contributed by atoms with Crippen LogP contribution in [0.1, 0.15) is 138 Å². The van der Waals surface area contributed by atoms with Crippen molar-refractivity contribution in [2.75, 3.05) is 0 Å². The maximum absolute atomic E-state index is 13.5. The van der Waals surface area contributed by atoms with Gasteiger partial charge in [-0.05, 0) is 70.2 Å². The first-order valence-electron chi connectivity index (χ1n) is 21.7. The number of fused-ring (bicyclic) bond motifs is 2. The van der Waals surface area contributed by atoms with E-state index < -0.39 is 78.6 Å². The van der Waals surface area contributed by atoms with Gasteiger partial charge >= 0.3 is 62.6 Å². The van der Waals surface area contributed by atoms with Gasteiger partial charge in [-0.15, -0.1) is 69.1 Å². The first kappa shape index (κ1) is 59.2. The zero-order valence-electron chi connectivity index (χ0n) is 39.9. The predicted octanol–water partition coefficient (Wildman–Crippen LogP) is 20.3. The first-order valence-corrected chi connectivity index (χ1v) is 30.0. The molecule has 6 aromatic carbocycles. The Hall–Kier alpha value is -3.06. The third-order valence-corrected chi connectivity index (χ3v) is 11.6. The van der Waals surface area contributed by atoms with E-state index in [0.29, 0.717) is 33.0 Å². The SMILES string of the molecule is CCC(C)c1cc2c(-c3cc(C(F)(F)F)cc(C(F)(F)F)c3)c(C(C)(C)C)ccc2[cH-]1.CCC(C)c1cc2c(-c3cc(C(F)(F)F)cc(C(F)(F)F)c3)c(C(C)(C)C)ccc2[cH-]1.C[Si]C.[Cl][Zr+2][Cl]. The Kier molecular flexibility index (Phi) is 20.0. The third-order valence-electron chi connectivity index (χ3n) is 11.6. The molecule has 2 atom stereocenters. The summed E-state index contributed by atoms with van der Waals surface area (Å²) in [5.74, 6) is 0.455. The Morgan fingerprint density at radius 3 is 0.941 bits per heavy atom. The molecule has 0 amide bonds. The van der Waals surface area contributed by atoms with Gasteiger partial charge in [0.05, 0.1) is 22.3 Å². The predicted molar refractivity (Wildman–Crippen MR) is 254 cm³/mol. The second kappa shape index (κ2) is 23.0. The Labute approximate surface area is 413 Å². The van der Waals surface area contributed by atoms with E-state index in [1.807, 2.05) is 118 Å². The summed E-state index contributed by atoms with van der Waals surface area (Å²) in [4.78, 5) is 0. The summed E-state index contributed by atoms with van der Waals surface area (Å²) in [6, 6.07) is 18.8. The first-order chi connectivity index (χ1) is 31.1. The van der Waals surface area contributed by atoms with Crippen molar-refractivity contribution in [3.05, 3.63) is 129 Å². The molecule has 0 N–H and O–H groups in total. The zero-order valence-corrected chi connectivity index (χ0v) is 44.9. The van der Waals surface area contributed by atoms with Crippen LogP contribution in [0.4, 0.5) is 52.7 Å². The molecule has 370 valence electrons. The van der Waals surface area contributed by atoms with Gasteiger partial charge in [-0.1, -0.05) is 117 Å². The molecule has 6 rings (SSSR count). The molecule has 0 saturated heterocycles. The molecule has 0 aromatic heterocycles. The number of hydrogen-bond donors (Lipinski definition) is 0. The van der Waals surface area contributed by atoms with Crippen LogP contribution in [-0.4, -0.2) is 9.52 Å². The summed E-state index contributed by atoms with van der Waals surface area (Å²) in [5, 5.41) is 2.97. The molecule has 0 aliphatic carbocycles. The Morgan fingerprint density at radius 1 is 0.485 bits per heavy atom. The van der Waals surface area contributed by atoms with Gasteiger partial charge in [-0.25, -0.2) is 0 Å². The molecular formula is C52H56Cl2F12SiZr. The number of hydrogen-bond acceptors (Lipinski definition) is 0. The normalized spacial score (nSPS) is 13.4. The van der Waals surface area contributed by atoms with E-state index in [1.165, 1.54) is 0 Å². The summed E-state index contributed by atoms with van der Waals surface area (Å²) in [6.07, 6.45) is -17.8. The average molecular weight is 1100 g/mol. The number of alkyl halides is 12. The Balaban J connectivity index is 0.000000323. The van der Waals surface area contributed by atoms with E-state index >= 15 is 0 Å². The fourth-order valence-electron chi connectivity index (χ4n) is 7.72. The molecule has 0 nitrogen and oxygen atoms in total. The summed E-state index contributed by atoms with van der Waals surface area (Å²) >= 11 is -0.826. The van der Waals surface area contributed by atoms with Crippen LogP contribution in [0.25, 0.3) is 43.8 Å². The molecule has 2 unspecified atom stereocenters. The summed E-state index contributed by atoms with van der Waals surface area (Å²) < 4.78 is 162. The maximum atomic E-state index is 13.5. The van der Waals surface area contributed by atoms with Gasteiger partial charge < -0.3 is 0 Å². The number of benzene rings is 4. The van der Waals surface area contributed by atoms with Crippen LogP contribution in [0.2, 0.25) is 13.1 Å². The molecule has 0 aliphatic rings. The van der Waals surface area contributed by atoms with Crippen LogP contribution >= 0.6 is 17.0 Å². The van der Waals surface area contributed by atoms with Gasteiger partial charge in [0.1, 0.15) is 0 Å². The van der Waals surface area contributed by atoms with Crippen molar-refractivity contribution >= 4 is 48.1 Å². The quantitative estimate of drug-likeness (QED) is 0.0886. The second-order valence-electron chi connectivity index (χ2n) is 18.8. The van der Waals surface area contributed by atoms with Gasteiger partial charge in [0.15, 0.2) is 0 Å². The molecule has 2 radical (unpaired) electrons. The fourth-order valence-corrected chi connectivity index (χ4v) is 7.72. The minimum absolute atomic E-state index is 0.0704. The molecule has 16 heteroatoms. The molecular weight excluding hydrogens is 1040 g/mol. The van der Waals surface area contributed by atoms with Crippen molar-refractivity contribution in [3.8, 4) is 22.3 Å². The van der Waals surface area contributed by atoms with E-state index in [9.17, 15) is 52.7 Å². The monoisotopic (exact) mass is 1100 g/mol. The molecule has 6 aromatic rings. The number of halogens is 14. The van der Waals surface area contributed by atoms with E-state index in [0.717, 1.165) is 68.5 Å². The van der Waals surface area contributed by atoms with Crippen molar-refractivity contribution in [3.63, 3.8) is 0 Å². The average Bonchev–Trinajstić information content (AvgIpc) is 3.86. The van der Waals surface area contributed by atoms with Gasteiger partial charge in [0.2, 0.25) is 0 Å². The third kappa shape index (κ3) is 15.0. The van der Waals surface area contributed by atoms with E-state index in [4.69, 9.17) is 17.0 Å². The molecule has 0 spiro atoms. The van der Waals surface area contributed by atoms with Gasteiger partial charge in [0, 0.05) is 9.52 Å². The standard InChI is InChI=1S/2C25H25F6.C2H6Si.2ClH.Zr/c2*1-6-14(2)16-9-15-7-8-21(23(3,4)5)22(20(15)12-16)17-10-18(24(26,27)28)13-19(11-17)25(29,30)31;1-3-2;;;/h2*7-14H,6H2,1-5H3;1-2H3;2*1H;/q2*-1;;;;+4/p-2. The van der Waals surface area contributed by atoms with Crippen molar-refractivity contribution in [2.24, 2.45) is 0 Å². The zero-order chi connectivity index (χ0) is 52.1. The van der Waals surface area contributed by atoms with Gasteiger partial charge in [-0.3, -0.25) is 0 Å². The fraction of sp³-hybridized carbons (Fsp3) is 0.423. The van der Waals surface area contributed by atoms with E-state index in [2.05, 4.69) is 13.1 Å². The van der Waals surface area contributed by atoms with E-state index in [-0.39, 0.29) is 35.1 Å². The van der Waals surface area contributed by atoms with Gasteiger partial charge in [-0.2, -0.15) is 64.8 Å². The topological polar surface area (TPSA) is 0 Å². The molecule has 0 fully saturated rings.